The van der Waals surface area contributed by atoms with E-state index in [1.54, 1.807) is 4.90 Å². The number of rotatable bonds is 3. The summed E-state index contributed by atoms with van der Waals surface area (Å²) in [4.78, 5) is 27.7. The fourth-order valence-electron chi connectivity index (χ4n) is 3.61. The maximum Gasteiger partial charge on any atom is 0.292 e. The van der Waals surface area contributed by atoms with Crippen LogP contribution in [0.1, 0.15) is 24.2 Å². The topological polar surface area (TPSA) is 75.9 Å². The first-order chi connectivity index (χ1) is 12.9. The second kappa shape index (κ2) is 6.65. The fraction of sp³-hybridized carbons (Fsp3) is 0.389. The first kappa shape index (κ1) is 18.0. The van der Waals surface area contributed by atoms with Crippen LogP contribution in [0.15, 0.2) is 22.1 Å². The van der Waals surface area contributed by atoms with E-state index in [1.165, 1.54) is 11.0 Å². The quantitative estimate of drug-likeness (QED) is 0.740. The lowest BCUT2D eigenvalue weighted by Crippen LogP contribution is -2.46. The molecule has 142 valence electrons. The minimum atomic E-state index is -0.659. The largest absolute Gasteiger partial charge is 0.372 e. The molecule has 2 atom stereocenters. The fourth-order valence-corrected chi connectivity index (χ4v) is 4.32. The molecule has 1 aromatic heterocycles. The average Bonchev–Trinajstić information content (AvgIpc) is 3.16. The molecular weight excluding hydrogens is 373 g/mol. The predicted molar refractivity (Wildman–Crippen MR) is 101 cm³/mol. The SMILES string of the molecule is C=C1CN(c2noc3c(F)c(N4CC(C)O[C@H](C)C4)c(C=O)cc23)C(=O)S1. The number of aldehydes is 1. The molecule has 0 N–H and O–H groups in total. The van der Waals surface area contributed by atoms with Gasteiger partial charge in [0.05, 0.1) is 29.8 Å². The van der Waals surface area contributed by atoms with Crippen molar-refractivity contribution in [3.05, 3.63) is 28.9 Å². The number of carbonyl (C=O) groups is 2. The molecule has 0 saturated carbocycles. The van der Waals surface area contributed by atoms with Crippen LogP contribution >= 0.6 is 11.8 Å². The minimum Gasteiger partial charge on any atom is -0.372 e. The van der Waals surface area contributed by atoms with E-state index in [4.69, 9.17) is 9.26 Å². The third kappa shape index (κ3) is 3.00. The van der Waals surface area contributed by atoms with Crippen LogP contribution in [-0.2, 0) is 4.74 Å². The molecule has 27 heavy (non-hydrogen) atoms. The Morgan fingerprint density at radius 3 is 2.67 bits per heavy atom. The third-order valence-electron chi connectivity index (χ3n) is 4.59. The number of hydrogen-bond donors (Lipinski definition) is 0. The Hall–Kier alpha value is -2.39. The highest BCUT2D eigenvalue weighted by molar-refractivity contribution is 8.17. The highest BCUT2D eigenvalue weighted by Gasteiger charge is 2.33. The number of carbonyl (C=O) groups excluding carboxylic acids is 2. The lowest BCUT2D eigenvalue weighted by Gasteiger charge is -2.37. The number of anilines is 2. The van der Waals surface area contributed by atoms with Gasteiger partial charge in [0.1, 0.15) is 0 Å². The van der Waals surface area contributed by atoms with Gasteiger partial charge >= 0.3 is 0 Å². The number of fused-ring (bicyclic) bond motifs is 1. The average molecular weight is 391 g/mol. The van der Waals surface area contributed by atoms with Gasteiger partial charge < -0.3 is 14.2 Å². The predicted octanol–water partition coefficient (Wildman–Crippen LogP) is 3.58. The van der Waals surface area contributed by atoms with Crippen molar-refractivity contribution < 1.29 is 23.2 Å². The molecule has 0 spiro atoms. The van der Waals surface area contributed by atoms with E-state index in [2.05, 4.69) is 11.7 Å². The van der Waals surface area contributed by atoms with Gasteiger partial charge in [-0.3, -0.25) is 14.5 Å². The first-order valence-corrected chi connectivity index (χ1v) is 9.35. The molecule has 9 heteroatoms. The van der Waals surface area contributed by atoms with Crippen LogP contribution in [0.2, 0.25) is 0 Å². The summed E-state index contributed by atoms with van der Waals surface area (Å²) in [6.07, 6.45) is 0.414. The lowest BCUT2D eigenvalue weighted by atomic mass is 10.1. The molecule has 2 aromatic rings. The molecule has 1 unspecified atom stereocenters. The highest BCUT2D eigenvalue weighted by Crippen LogP contribution is 2.39. The smallest absolute Gasteiger partial charge is 0.292 e. The number of hydrogen-bond acceptors (Lipinski definition) is 7. The molecule has 0 radical (unpaired) electrons. The molecule has 1 aromatic carbocycles. The Kier molecular flexibility index (Phi) is 4.43. The number of ether oxygens (including phenoxy) is 1. The van der Waals surface area contributed by atoms with Gasteiger partial charge in [-0.1, -0.05) is 11.7 Å². The van der Waals surface area contributed by atoms with Gasteiger partial charge in [0.25, 0.3) is 5.24 Å². The molecule has 1 amide bonds. The van der Waals surface area contributed by atoms with Gasteiger partial charge in [0, 0.05) is 23.6 Å². The number of amides is 1. The number of halogens is 1. The second-order valence-corrected chi connectivity index (χ2v) is 7.91. The van der Waals surface area contributed by atoms with Crippen LogP contribution < -0.4 is 9.80 Å². The zero-order chi connectivity index (χ0) is 19.3. The van der Waals surface area contributed by atoms with Crippen LogP contribution in [-0.4, -0.2) is 48.5 Å². The van der Waals surface area contributed by atoms with Gasteiger partial charge in [-0.25, -0.2) is 4.39 Å². The Bertz CT molecular complexity index is 950. The van der Waals surface area contributed by atoms with Crippen LogP contribution in [0.4, 0.5) is 20.7 Å². The highest BCUT2D eigenvalue weighted by atomic mass is 32.2. The molecule has 2 aliphatic rings. The standard InChI is InChI=1S/C18H18FN3O4S/c1-9-5-21(6-10(2)25-9)15-12(8-23)4-13-16(14(15)19)26-20-17(13)22-7-11(3)27-18(22)24/h4,8-10H,3,5-7H2,1-2H3/t9-,10?/m1/s1. The Labute approximate surface area is 159 Å². The van der Waals surface area contributed by atoms with E-state index >= 15 is 4.39 Å². The third-order valence-corrected chi connectivity index (χ3v) is 5.41. The number of thioether (sulfide) groups is 1. The Morgan fingerprint density at radius 2 is 2.07 bits per heavy atom. The molecule has 7 nitrogen and oxygen atoms in total. The molecule has 2 saturated heterocycles. The van der Waals surface area contributed by atoms with Crippen LogP contribution in [0.3, 0.4) is 0 Å². The van der Waals surface area contributed by atoms with E-state index in [-0.39, 0.29) is 52.0 Å². The number of morpholine rings is 1. The van der Waals surface area contributed by atoms with Gasteiger partial charge in [0.2, 0.25) is 5.58 Å². The minimum absolute atomic E-state index is 0.0762. The first-order valence-electron chi connectivity index (χ1n) is 8.53. The molecule has 3 heterocycles. The van der Waals surface area contributed by atoms with Crippen molar-refractivity contribution in [2.45, 2.75) is 26.1 Å². The van der Waals surface area contributed by atoms with E-state index < -0.39 is 5.82 Å². The van der Waals surface area contributed by atoms with Crippen molar-refractivity contribution in [1.29, 1.82) is 0 Å². The molecule has 0 aliphatic carbocycles. The van der Waals surface area contributed by atoms with Crippen molar-refractivity contribution in [3.8, 4) is 0 Å². The molecule has 4 rings (SSSR count). The molecule has 0 bridgehead atoms. The number of aromatic nitrogens is 1. The van der Waals surface area contributed by atoms with Crippen LogP contribution in [0.5, 0.6) is 0 Å². The van der Waals surface area contributed by atoms with Crippen LogP contribution in [0, 0.1) is 5.82 Å². The van der Waals surface area contributed by atoms with Gasteiger partial charge in [-0.05, 0) is 31.7 Å². The summed E-state index contributed by atoms with van der Waals surface area (Å²) in [7, 11) is 0. The maximum absolute atomic E-state index is 15.3. The molecular formula is C18H18FN3O4S. The summed E-state index contributed by atoms with van der Waals surface area (Å²) in [5.74, 6) is -0.466. The molecule has 2 aliphatic heterocycles. The van der Waals surface area contributed by atoms with Crippen molar-refractivity contribution in [1.82, 2.24) is 5.16 Å². The maximum atomic E-state index is 15.3. The van der Waals surface area contributed by atoms with Crippen molar-refractivity contribution >= 4 is 45.8 Å². The lowest BCUT2D eigenvalue weighted by molar-refractivity contribution is -0.00543. The zero-order valence-corrected chi connectivity index (χ0v) is 15.7. The van der Waals surface area contributed by atoms with Gasteiger partial charge in [0.15, 0.2) is 17.9 Å². The summed E-state index contributed by atoms with van der Waals surface area (Å²) in [6, 6.07) is 1.52. The van der Waals surface area contributed by atoms with E-state index in [9.17, 15) is 9.59 Å². The van der Waals surface area contributed by atoms with E-state index in [1.807, 2.05) is 13.8 Å². The Balaban J connectivity index is 1.83. The summed E-state index contributed by atoms with van der Waals surface area (Å²) >= 11 is 1.00. The summed E-state index contributed by atoms with van der Waals surface area (Å²) < 4.78 is 26.2. The summed E-state index contributed by atoms with van der Waals surface area (Å²) in [5.41, 5.74) is 0.283. The monoisotopic (exact) mass is 391 g/mol. The Morgan fingerprint density at radius 1 is 1.37 bits per heavy atom. The van der Waals surface area contributed by atoms with Crippen molar-refractivity contribution in [3.63, 3.8) is 0 Å². The van der Waals surface area contributed by atoms with Gasteiger partial charge in [-0.2, -0.15) is 0 Å². The number of nitrogens with zero attached hydrogens (tertiary/aromatic N) is 3. The number of benzene rings is 1. The van der Waals surface area contributed by atoms with E-state index in [0.717, 1.165) is 11.8 Å². The van der Waals surface area contributed by atoms with E-state index in [0.29, 0.717) is 24.3 Å². The summed E-state index contributed by atoms with van der Waals surface area (Å²) in [5, 5.41) is 3.92. The normalized spacial score (nSPS) is 23.5. The van der Waals surface area contributed by atoms with Crippen molar-refractivity contribution in [2.75, 3.05) is 29.4 Å². The van der Waals surface area contributed by atoms with Crippen molar-refractivity contribution in [2.24, 2.45) is 0 Å². The van der Waals surface area contributed by atoms with Gasteiger partial charge in [-0.15, -0.1) is 0 Å². The second-order valence-electron chi connectivity index (χ2n) is 6.78. The van der Waals surface area contributed by atoms with Crippen LogP contribution in [0.25, 0.3) is 11.0 Å². The zero-order valence-electron chi connectivity index (χ0n) is 14.9. The summed E-state index contributed by atoms with van der Waals surface area (Å²) in [6.45, 7) is 8.75. The molecule has 2 fully saturated rings.